The van der Waals surface area contributed by atoms with Crippen LogP contribution in [-0.2, 0) is 0 Å². The van der Waals surface area contributed by atoms with Crippen molar-refractivity contribution in [1.29, 1.82) is 0 Å². The Balaban J connectivity index is 2.05. The third-order valence-electron chi connectivity index (χ3n) is 2.29. The van der Waals surface area contributed by atoms with Crippen molar-refractivity contribution in [1.82, 2.24) is 5.32 Å². The molecular weight excluding hydrogens is 216 g/mol. The largest absolute Gasteiger partial charge is 0.398 e. The number of nitrogens with one attached hydrogen (secondary N) is 1. The normalized spacial score (nSPS) is 21.4. The van der Waals surface area contributed by atoms with Crippen LogP contribution >= 0.6 is 23.4 Å². The summed E-state index contributed by atoms with van der Waals surface area (Å²) in [5, 5.41) is 4.67. The first-order valence-electron chi connectivity index (χ1n) is 4.68. The van der Waals surface area contributed by atoms with Gasteiger partial charge in [0.25, 0.3) is 0 Å². The Kier molecular flexibility index (Phi) is 3.21. The van der Waals surface area contributed by atoms with Gasteiger partial charge in [0.1, 0.15) is 0 Å². The fourth-order valence-electron chi connectivity index (χ4n) is 1.50. The Morgan fingerprint density at radius 1 is 1.50 bits per heavy atom. The maximum atomic E-state index is 5.95. The molecule has 1 aromatic rings. The van der Waals surface area contributed by atoms with E-state index in [1.165, 1.54) is 11.3 Å². The molecule has 3 N–H and O–H groups in total. The average molecular weight is 229 g/mol. The minimum Gasteiger partial charge on any atom is -0.398 e. The van der Waals surface area contributed by atoms with Crippen molar-refractivity contribution in [3.63, 3.8) is 0 Å². The molecule has 2 nitrogen and oxygen atoms in total. The van der Waals surface area contributed by atoms with Crippen LogP contribution in [0.1, 0.15) is 6.42 Å². The zero-order valence-electron chi connectivity index (χ0n) is 7.79. The fourth-order valence-corrected chi connectivity index (χ4v) is 2.90. The van der Waals surface area contributed by atoms with E-state index in [1.807, 2.05) is 30.0 Å². The summed E-state index contributed by atoms with van der Waals surface area (Å²) in [5.41, 5.74) is 6.30. The Morgan fingerprint density at radius 3 is 3.00 bits per heavy atom. The van der Waals surface area contributed by atoms with E-state index in [4.69, 9.17) is 17.3 Å². The van der Waals surface area contributed by atoms with Gasteiger partial charge in [-0.2, -0.15) is 0 Å². The van der Waals surface area contributed by atoms with Crippen LogP contribution in [0.15, 0.2) is 23.1 Å². The highest BCUT2D eigenvalue weighted by Crippen LogP contribution is 2.30. The van der Waals surface area contributed by atoms with E-state index >= 15 is 0 Å². The van der Waals surface area contributed by atoms with Crippen LogP contribution in [-0.4, -0.2) is 18.3 Å². The lowest BCUT2D eigenvalue weighted by molar-refractivity contribution is 0.858. The van der Waals surface area contributed by atoms with Crippen molar-refractivity contribution < 1.29 is 0 Å². The highest BCUT2D eigenvalue weighted by atomic mass is 35.5. The van der Waals surface area contributed by atoms with Crippen LogP contribution in [0, 0.1) is 0 Å². The van der Waals surface area contributed by atoms with Crippen LogP contribution in [0.4, 0.5) is 5.69 Å². The predicted molar refractivity (Wildman–Crippen MR) is 63.0 cm³/mol. The standard InChI is InChI=1S/C10H13ClN2S/c11-9-5-7(1-2-10(9)12)14-8-3-4-13-6-8/h1-2,5,8,13H,3-4,6,12H2. The summed E-state index contributed by atoms with van der Waals surface area (Å²) in [4.78, 5) is 1.21. The number of thioether (sulfide) groups is 1. The van der Waals surface area contributed by atoms with Gasteiger partial charge in [-0.1, -0.05) is 11.6 Å². The summed E-state index contributed by atoms with van der Waals surface area (Å²) in [7, 11) is 0. The lowest BCUT2D eigenvalue weighted by Gasteiger charge is -2.08. The third kappa shape index (κ3) is 2.35. The van der Waals surface area contributed by atoms with E-state index in [-0.39, 0.29) is 0 Å². The SMILES string of the molecule is Nc1ccc(SC2CCNC2)cc1Cl. The lowest BCUT2D eigenvalue weighted by Crippen LogP contribution is -2.09. The van der Waals surface area contributed by atoms with Crippen molar-refractivity contribution >= 4 is 29.1 Å². The van der Waals surface area contributed by atoms with E-state index < -0.39 is 0 Å². The number of halogens is 1. The third-order valence-corrected chi connectivity index (χ3v) is 3.88. The maximum Gasteiger partial charge on any atom is 0.0646 e. The average Bonchev–Trinajstić information content (AvgIpc) is 2.64. The van der Waals surface area contributed by atoms with Crippen LogP contribution in [0.5, 0.6) is 0 Å². The molecule has 1 atom stereocenters. The van der Waals surface area contributed by atoms with Crippen molar-refractivity contribution in [2.45, 2.75) is 16.6 Å². The first kappa shape index (κ1) is 10.1. The van der Waals surface area contributed by atoms with E-state index in [9.17, 15) is 0 Å². The Labute approximate surface area is 93.2 Å². The van der Waals surface area contributed by atoms with E-state index in [2.05, 4.69) is 5.32 Å². The summed E-state index contributed by atoms with van der Waals surface area (Å²) < 4.78 is 0. The van der Waals surface area contributed by atoms with Gasteiger partial charge in [0.2, 0.25) is 0 Å². The van der Waals surface area contributed by atoms with Crippen molar-refractivity contribution in [2.75, 3.05) is 18.8 Å². The number of rotatable bonds is 2. The summed E-state index contributed by atoms with van der Waals surface area (Å²) in [5.74, 6) is 0. The Hall–Kier alpha value is -0.380. The second-order valence-corrected chi connectivity index (χ2v) is 5.20. The zero-order chi connectivity index (χ0) is 9.97. The summed E-state index contributed by atoms with van der Waals surface area (Å²) in [6.07, 6.45) is 1.23. The maximum absolute atomic E-state index is 5.95. The van der Waals surface area contributed by atoms with Crippen molar-refractivity contribution in [3.8, 4) is 0 Å². The molecule has 1 heterocycles. The van der Waals surface area contributed by atoms with Gasteiger partial charge >= 0.3 is 0 Å². The number of nitrogen functional groups attached to an aromatic ring is 1. The molecule has 4 heteroatoms. The highest BCUT2D eigenvalue weighted by molar-refractivity contribution is 8.00. The number of hydrogen-bond donors (Lipinski definition) is 2. The fraction of sp³-hybridized carbons (Fsp3) is 0.400. The number of nitrogens with two attached hydrogens (primary N) is 1. The van der Waals surface area contributed by atoms with Crippen LogP contribution < -0.4 is 11.1 Å². The molecule has 0 bridgehead atoms. The number of benzene rings is 1. The predicted octanol–water partition coefficient (Wildman–Crippen LogP) is 2.38. The second kappa shape index (κ2) is 4.43. The van der Waals surface area contributed by atoms with Crippen LogP contribution in [0.2, 0.25) is 5.02 Å². The van der Waals surface area contributed by atoms with E-state index in [0.717, 1.165) is 13.1 Å². The number of anilines is 1. The molecule has 0 radical (unpaired) electrons. The molecule has 1 aliphatic heterocycles. The molecule has 0 saturated carbocycles. The first-order valence-corrected chi connectivity index (χ1v) is 5.94. The molecule has 0 aromatic heterocycles. The molecule has 1 aliphatic rings. The molecule has 0 spiro atoms. The molecule has 1 saturated heterocycles. The molecule has 1 fully saturated rings. The topological polar surface area (TPSA) is 38.0 Å². The number of hydrogen-bond acceptors (Lipinski definition) is 3. The van der Waals surface area contributed by atoms with Gasteiger partial charge in [0, 0.05) is 16.7 Å². The molecule has 14 heavy (non-hydrogen) atoms. The zero-order valence-corrected chi connectivity index (χ0v) is 9.37. The van der Waals surface area contributed by atoms with Gasteiger partial charge in [-0.05, 0) is 31.2 Å². The molecule has 1 aromatic carbocycles. The highest BCUT2D eigenvalue weighted by Gasteiger charge is 2.15. The van der Waals surface area contributed by atoms with Gasteiger partial charge in [-0.15, -0.1) is 11.8 Å². The molecular formula is C10H13ClN2S. The van der Waals surface area contributed by atoms with E-state index in [1.54, 1.807) is 0 Å². The summed E-state index contributed by atoms with van der Waals surface area (Å²) in [6.45, 7) is 2.22. The molecule has 1 unspecified atom stereocenters. The van der Waals surface area contributed by atoms with E-state index in [0.29, 0.717) is 16.0 Å². The second-order valence-electron chi connectivity index (χ2n) is 3.42. The minimum absolute atomic E-state index is 0.653. The van der Waals surface area contributed by atoms with Crippen LogP contribution in [0.3, 0.4) is 0 Å². The minimum atomic E-state index is 0.653. The Bertz CT molecular complexity index is 324. The van der Waals surface area contributed by atoms with Crippen LogP contribution in [0.25, 0.3) is 0 Å². The summed E-state index contributed by atoms with van der Waals surface area (Å²) in [6, 6.07) is 5.84. The van der Waals surface area contributed by atoms with Gasteiger partial charge in [0.15, 0.2) is 0 Å². The molecule has 2 rings (SSSR count). The quantitative estimate of drug-likeness (QED) is 0.764. The first-order chi connectivity index (χ1) is 6.75. The molecule has 76 valence electrons. The van der Waals surface area contributed by atoms with Crippen molar-refractivity contribution in [2.24, 2.45) is 0 Å². The molecule has 0 aliphatic carbocycles. The monoisotopic (exact) mass is 228 g/mol. The summed E-state index contributed by atoms with van der Waals surface area (Å²) >= 11 is 7.82. The van der Waals surface area contributed by atoms with Crippen molar-refractivity contribution in [3.05, 3.63) is 23.2 Å². The molecule has 0 amide bonds. The Morgan fingerprint density at radius 2 is 2.36 bits per heavy atom. The lowest BCUT2D eigenvalue weighted by atomic mass is 10.3. The van der Waals surface area contributed by atoms with Gasteiger partial charge in [-0.25, -0.2) is 0 Å². The van der Waals surface area contributed by atoms with Gasteiger partial charge < -0.3 is 11.1 Å². The smallest absolute Gasteiger partial charge is 0.0646 e. The van der Waals surface area contributed by atoms with Gasteiger partial charge in [-0.3, -0.25) is 0 Å². The van der Waals surface area contributed by atoms with Gasteiger partial charge in [0.05, 0.1) is 10.7 Å².